The number of benzene rings is 7. The first-order valence-corrected chi connectivity index (χ1v) is 18.5. The number of nitrogens with zero attached hydrogens (tertiary/aromatic N) is 4. The lowest BCUT2D eigenvalue weighted by molar-refractivity contribution is 0.612. The molecule has 0 fully saturated rings. The molecule has 0 N–H and O–H groups in total. The van der Waals surface area contributed by atoms with Gasteiger partial charge in [0.15, 0.2) is 5.82 Å². The Morgan fingerprint density at radius 1 is 0.519 bits per heavy atom. The van der Waals surface area contributed by atoms with Gasteiger partial charge in [-0.1, -0.05) is 117 Å². The Morgan fingerprint density at radius 3 is 2.02 bits per heavy atom. The van der Waals surface area contributed by atoms with E-state index in [1.165, 1.54) is 49.2 Å². The molecule has 0 saturated carbocycles. The van der Waals surface area contributed by atoms with Crippen molar-refractivity contribution in [2.45, 2.75) is 19.3 Å². The van der Waals surface area contributed by atoms with Crippen molar-refractivity contribution in [3.8, 4) is 34.0 Å². The maximum absolute atomic E-state index is 6.62. The van der Waals surface area contributed by atoms with Crippen molar-refractivity contribution < 1.29 is 4.42 Å². The van der Waals surface area contributed by atoms with Crippen LogP contribution in [0.4, 0.5) is 0 Å². The van der Waals surface area contributed by atoms with Gasteiger partial charge in [-0.05, 0) is 65.7 Å². The van der Waals surface area contributed by atoms with E-state index in [0.29, 0.717) is 5.82 Å². The summed E-state index contributed by atoms with van der Waals surface area (Å²) >= 11 is 0. The van der Waals surface area contributed by atoms with Crippen LogP contribution >= 0.6 is 0 Å². The molecule has 0 atom stereocenters. The summed E-state index contributed by atoms with van der Waals surface area (Å²) in [5.41, 5.74) is 13.7. The van der Waals surface area contributed by atoms with Gasteiger partial charge in [0, 0.05) is 49.2 Å². The molecule has 0 aliphatic carbocycles. The Labute approximate surface area is 310 Å². The minimum absolute atomic E-state index is 0.275. The van der Waals surface area contributed by atoms with Gasteiger partial charge in [0.1, 0.15) is 5.58 Å². The average Bonchev–Trinajstić information content (AvgIpc) is 3.87. The van der Waals surface area contributed by atoms with E-state index in [0.717, 1.165) is 55.8 Å². The van der Waals surface area contributed by atoms with Gasteiger partial charge in [-0.25, -0.2) is 9.97 Å². The highest BCUT2D eigenvalue weighted by atomic mass is 16.3. The molecule has 5 heterocycles. The van der Waals surface area contributed by atoms with Crippen LogP contribution in [0.1, 0.15) is 25.0 Å². The van der Waals surface area contributed by atoms with Crippen LogP contribution in [0, 0.1) is 0 Å². The number of para-hydroxylation sites is 5. The first-order valence-electron chi connectivity index (χ1n) is 18.5. The molecule has 0 saturated heterocycles. The fourth-order valence-electron chi connectivity index (χ4n) is 9.21. The molecular weight excluding hydrogens is 661 g/mol. The van der Waals surface area contributed by atoms with Crippen molar-refractivity contribution in [1.29, 1.82) is 0 Å². The number of furan rings is 1. The smallest absolute Gasteiger partial charge is 0.213 e. The summed E-state index contributed by atoms with van der Waals surface area (Å²) in [4.78, 5) is 10.6. The van der Waals surface area contributed by atoms with E-state index in [4.69, 9.17) is 14.4 Å². The van der Waals surface area contributed by atoms with Crippen molar-refractivity contribution in [1.82, 2.24) is 19.1 Å². The molecule has 0 unspecified atom stereocenters. The van der Waals surface area contributed by atoms with Gasteiger partial charge >= 0.3 is 0 Å². The standard InChI is InChI=1S/C49H32N4O/c1-49(2)37-20-12-19-36-44-35-18-6-10-24-43(35)54-48(44)53(46(36)37)42-26-25-30(28-38(42)49)47-50-39-21-7-3-17-34(39)45(51-47)29-13-11-14-31(27-29)52-40-22-8-4-15-32(40)33-16-5-9-23-41(33)52/h3-28H,1-2H3. The molecule has 1 aliphatic rings. The Balaban J connectivity index is 1.06. The number of aromatic nitrogens is 4. The third-order valence-corrected chi connectivity index (χ3v) is 11.7. The highest BCUT2D eigenvalue weighted by Crippen LogP contribution is 2.50. The number of rotatable bonds is 3. The summed E-state index contributed by atoms with van der Waals surface area (Å²) in [5, 5.41) is 7.04. The molecule has 0 spiro atoms. The third-order valence-electron chi connectivity index (χ3n) is 11.7. The first kappa shape index (κ1) is 29.6. The predicted molar refractivity (Wildman–Crippen MR) is 221 cm³/mol. The average molecular weight is 693 g/mol. The number of hydrogen-bond donors (Lipinski definition) is 0. The zero-order chi connectivity index (χ0) is 35.7. The summed E-state index contributed by atoms with van der Waals surface area (Å²) < 4.78 is 11.3. The van der Waals surface area contributed by atoms with Crippen LogP contribution in [0.2, 0.25) is 0 Å². The molecule has 7 aromatic carbocycles. The molecule has 54 heavy (non-hydrogen) atoms. The van der Waals surface area contributed by atoms with Crippen molar-refractivity contribution in [2.75, 3.05) is 0 Å². The van der Waals surface area contributed by atoms with Crippen LogP contribution in [0.3, 0.4) is 0 Å². The first-order chi connectivity index (χ1) is 26.5. The lowest BCUT2D eigenvalue weighted by Gasteiger charge is -2.34. The Kier molecular flexibility index (Phi) is 5.78. The Morgan fingerprint density at radius 2 is 1.20 bits per heavy atom. The van der Waals surface area contributed by atoms with Crippen LogP contribution in [-0.4, -0.2) is 19.1 Å². The van der Waals surface area contributed by atoms with E-state index in [-0.39, 0.29) is 5.41 Å². The quantitative estimate of drug-likeness (QED) is 0.185. The van der Waals surface area contributed by atoms with Gasteiger partial charge in [-0.15, -0.1) is 0 Å². The van der Waals surface area contributed by atoms with E-state index in [1.54, 1.807) is 0 Å². The second kappa shape index (κ2) is 10.6. The summed E-state index contributed by atoms with van der Waals surface area (Å²) in [6.45, 7) is 4.65. The van der Waals surface area contributed by atoms with Crippen molar-refractivity contribution in [3.63, 3.8) is 0 Å². The maximum Gasteiger partial charge on any atom is 0.213 e. The van der Waals surface area contributed by atoms with Crippen LogP contribution in [0.25, 0.3) is 99.7 Å². The van der Waals surface area contributed by atoms with E-state index >= 15 is 0 Å². The van der Waals surface area contributed by atoms with Gasteiger partial charge < -0.3 is 8.98 Å². The van der Waals surface area contributed by atoms with Crippen molar-refractivity contribution in [2.24, 2.45) is 0 Å². The monoisotopic (exact) mass is 692 g/mol. The zero-order valence-corrected chi connectivity index (χ0v) is 29.7. The van der Waals surface area contributed by atoms with E-state index in [9.17, 15) is 0 Å². The predicted octanol–water partition coefficient (Wildman–Crippen LogP) is 12.5. The summed E-state index contributed by atoms with van der Waals surface area (Å²) in [6.07, 6.45) is 0. The largest absolute Gasteiger partial charge is 0.439 e. The van der Waals surface area contributed by atoms with Crippen LogP contribution in [0.5, 0.6) is 0 Å². The van der Waals surface area contributed by atoms with E-state index < -0.39 is 0 Å². The molecule has 11 aromatic rings. The van der Waals surface area contributed by atoms with Gasteiger partial charge in [0.2, 0.25) is 5.71 Å². The summed E-state index contributed by atoms with van der Waals surface area (Å²) in [7, 11) is 0. The molecule has 0 bridgehead atoms. The minimum Gasteiger partial charge on any atom is -0.439 e. The van der Waals surface area contributed by atoms with Crippen molar-refractivity contribution in [3.05, 3.63) is 169 Å². The lowest BCUT2D eigenvalue weighted by atomic mass is 9.74. The van der Waals surface area contributed by atoms with Crippen molar-refractivity contribution >= 4 is 65.7 Å². The van der Waals surface area contributed by atoms with Crippen LogP contribution in [-0.2, 0) is 5.41 Å². The minimum atomic E-state index is -0.275. The molecule has 254 valence electrons. The second-order valence-electron chi connectivity index (χ2n) is 15.0. The third kappa shape index (κ3) is 3.88. The SMILES string of the molecule is CC1(C)c2cc(-c3nc(-c4cccc(-n5c6ccccc6c6ccccc65)c4)c4ccccc4n3)ccc2-n2c3oc4ccccc4c3c3cccc1c32. The molecule has 5 heteroatoms. The summed E-state index contributed by atoms with van der Waals surface area (Å²) in [6, 6.07) is 56.1. The molecule has 4 aromatic heterocycles. The zero-order valence-electron chi connectivity index (χ0n) is 29.7. The molecule has 0 amide bonds. The normalized spacial score (nSPS) is 13.5. The van der Waals surface area contributed by atoms with E-state index in [2.05, 4.69) is 175 Å². The number of fused-ring (bicyclic) bond motifs is 11. The molecule has 0 radical (unpaired) electrons. The van der Waals surface area contributed by atoms with Gasteiger partial charge in [0.05, 0.1) is 38.8 Å². The maximum atomic E-state index is 6.62. The fraction of sp³-hybridized carbons (Fsp3) is 0.0612. The van der Waals surface area contributed by atoms with Crippen LogP contribution in [0.15, 0.2) is 162 Å². The second-order valence-corrected chi connectivity index (χ2v) is 15.0. The molecular formula is C49H32N4O. The van der Waals surface area contributed by atoms with Gasteiger partial charge in [0.25, 0.3) is 0 Å². The number of hydrogen-bond acceptors (Lipinski definition) is 3. The topological polar surface area (TPSA) is 48.8 Å². The fourth-order valence-corrected chi connectivity index (χ4v) is 9.21. The molecule has 1 aliphatic heterocycles. The van der Waals surface area contributed by atoms with Gasteiger partial charge in [-0.3, -0.25) is 4.57 Å². The lowest BCUT2D eigenvalue weighted by Crippen LogP contribution is -2.26. The highest BCUT2D eigenvalue weighted by molar-refractivity contribution is 6.21. The highest BCUT2D eigenvalue weighted by Gasteiger charge is 2.37. The van der Waals surface area contributed by atoms with Gasteiger partial charge in [-0.2, -0.15) is 0 Å². The molecule has 12 rings (SSSR count). The Hall–Kier alpha value is -6.98. The van der Waals surface area contributed by atoms with Crippen LogP contribution < -0.4 is 0 Å². The molecule has 5 nitrogen and oxygen atoms in total. The summed E-state index contributed by atoms with van der Waals surface area (Å²) in [5.74, 6) is 0.704. The van der Waals surface area contributed by atoms with E-state index in [1.807, 2.05) is 6.07 Å². The Bertz CT molecular complexity index is 3320.